The Balaban J connectivity index is 1.98. The summed E-state index contributed by atoms with van der Waals surface area (Å²) in [6.07, 6.45) is 3.96. The molecule has 106 valence electrons. The maximum atomic E-state index is 9.76. The second-order valence-corrected chi connectivity index (χ2v) is 5.74. The van der Waals surface area contributed by atoms with Crippen molar-refractivity contribution in [2.45, 2.75) is 38.5 Å². The Morgan fingerprint density at radius 3 is 2.55 bits per heavy atom. The van der Waals surface area contributed by atoms with Gasteiger partial charge >= 0.3 is 5.91 Å². The monoisotopic (exact) mass is 275 g/mol. The van der Waals surface area contributed by atoms with Crippen LogP contribution in [0.1, 0.15) is 32.6 Å². The van der Waals surface area contributed by atoms with E-state index in [0.717, 1.165) is 25.7 Å². The van der Waals surface area contributed by atoms with E-state index >= 15 is 0 Å². The van der Waals surface area contributed by atoms with Crippen molar-refractivity contribution < 1.29 is 14.5 Å². The smallest absolute Gasteiger partial charge is 0.311 e. The third-order valence-corrected chi connectivity index (χ3v) is 4.97. The molecule has 20 heavy (non-hydrogen) atoms. The fourth-order valence-electron chi connectivity index (χ4n) is 4.03. The first-order valence-corrected chi connectivity index (χ1v) is 7.16. The van der Waals surface area contributed by atoms with Gasteiger partial charge in [0.2, 0.25) is 0 Å². The molecule has 0 bridgehead atoms. The zero-order chi connectivity index (χ0) is 14.4. The average Bonchev–Trinajstić information content (AvgIpc) is 2.69. The lowest BCUT2D eigenvalue weighted by Gasteiger charge is -2.23. The number of hydrogen-bond acceptors (Lipinski definition) is 5. The van der Waals surface area contributed by atoms with Crippen LogP contribution in [-0.4, -0.2) is 25.0 Å². The minimum atomic E-state index is -1.22. The number of nitrogens with zero attached hydrogens (tertiary/aromatic N) is 2. The molecule has 2 aliphatic heterocycles. The van der Waals surface area contributed by atoms with Gasteiger partial charge in [0.1, 0.15) is 0 Å². The topological polar surface area (TPSA) is 106 Å². The summed E-state index contributed by atoms with van der Waals surface area (Å²) >= 11 is 0. The van der Waals surface area contributed by atoms with Crippen LogP contribution in [0.3, 0.4) is 0 Å². The summed E-state index contributed by atoms with van der Waals surface area (Å²) in [4.78, 5) is 2.94. The molecule has 3 N–H and O–H groups in total. The van der Waals surface area contributed by atoms with Gasteiger partial charge in [-0.05, 0) is 6.42 Å². The summed E-state index contributed by atoms with van der Waals surface area (Å²) in [6, 6.07) is 4.59. The fraction of sp³-hybridized carbons (Fsp3) is 0.786. The molecule has 3 atom stereocenters. The Morgan fingerprint density at radius 2 is 2.00 bits per heavy atom. The molecule has 0 radical (unpaired) electrons. The maximum absolute atomic E-state index is 9.76. The highest BCUT2D eigenvalue weighted by atomic mass is 16.8. The van der Waals surface area contributed by atoms with Crippen LogP contribution in [0, 0.1) is 39.4 Å². The summed E-state index contributed by atoms with van der Waals surface area (Å²) in [7, 11) is 0. The SMILES string of the molecule is CCCCC[C@@H]1[C@]2(C#N)C(N)=[NH+]C3(OCCO3)[C@]12C#N. The third kappa shape index (κ3) is 1.17. The van der Waals surface area contributed by atoms with Crippen LogP contribution in [0.25, 0.3) is 0 Å². The zero-order valence-corrected chi connectivity index (χ0v) is 11.6. The molecular formula is C14H19N4O2+. The van der Waals surface area contributed by atoms with E-state index < -0.39 is 16.7 Å². The van der Waals surface area contributed by atoms with Crippen molar-refractivity contribution in [2.24, 2.45) is 22.5 Å². The van der Waals surface area contributed by atoms with E-state index in [0.29, 0.717) is 19.0 Å². The van der Waals surface area contributed by atoms with Crippen molar-refractivity contribution in [3.05, 3.63) is 0 Å². The molecule has 6 nitrogen and oxygen atoms in total. The van der Waals surface area contributed by atoms with Gasteiger partial charge in [0.15, 0.2) is 10.8 Å². The molecule has 0 aromatic rings. The van der Waals surface area contributed by atoms with E-state index in [-0.39, 0.29) is 5.92 Å². The Kier molecular flexibility index (Phi) is 2.79. The number of amidine groups is 1. The summed E-state index contributed by atoms with van der Waals surface area (Å²) < 4.78 is 11.4. The fourth-order valence-corrected chi connectivity index (χ4v) is 4.03. The minimum absolute atomic E-state index is 0.115. The lowest BCUT2D eigenvalue weighted by atomic mass is 9.94. The molecule has 0 aromatic carbocycles. The van der Waals surface area contributed by atoms with Crippen LogP contribution in [0.2, 0.25) is 0 Å². The molecule has 3 aliphatic rings. The van der Waals surface area contributed by atoms with E-state index in [4.69, 9.17) is 15.2 Å². The van der Waals surface area contributed by atoms with Crippen molar-refractivity contribution in [1.29, 1.82) is 10.5 Å². The van der Waals surface area contributed by atoms with Crippen molar-refractivity contribution in [3.8, 4) is 12.1 Å². The first kappa shape index (κ1) is 13.4. The van der Waals surface area contributed by atoms with Gasteiger partial charge in [-0.1, -0.05) is 26.2 Å². The molecule has 2 heterocycles. The number of unbranched alkanes of at least 4 members (excludes halogenated alkanes) is 2. The number of hydrogen-bond donors (Lipinski definition) is 2. The first-order chi connectivity index (χ1) is 9.65. The summed E-state index contributed by atoms with van der Waals surface area (Å²) in [5, 5.41) is 19.4. The predicted octanol–water partition coefficient (Wildman–Crippen LogP) is -0.632. The van der Waals surface area contributed by atoms with E-state index in [1.165, 1.54) is 0 Å². The number of nitriles is 2. The van der Waals surface area contributed by atoms with E-state index in [1.54, 1.807) is 0 Å². The molecular weight excluding hydrogens is 256 g/mol. The highest BCUT2D eigenvalue weighted by molar-refractivity contribution is 5.93. The number of ether oxygens (including phenoxy) is 2. The number of fused-ring (bicyclic) bond motifs is 2. The molecule has 1 saturated heterocycles. The Bertz CT molecular complexity index is 540. The Morgan fingerprint density at radius 1 is 1.30 bits per heavy atom. The van der Waals surface area contributed by atoms with Gasteiger partial charge in [-0.2, -0.15) is 10.5 Å². The number of nitrogens with two attached hydrogens (primary N) is 1. The highest BCUT2D eigenvalue weighted by Crippen LogP contribution is 2.76. The van der Waals surface area contributed by atoms with E-state index in [1.807, 2.05) is 0 Å². The van der Waals surface area contributed by atoms with Crippen LogP contribution >= 0.6 is 0 Å². The predicted molar refractivity (Wildman–Crippen MR) is 68.5 cm³/mol. The molecule has 0 aromatic heterocycles. The first-order valence-electron chi connectivity index (χ1n) is 7.16. The average molecular weight is 275 g/mol. The molecule has 0 amide bonds. The van der Waals surface area contributed by atoms with Gasteiger partial charge in [0.05, 0.1) is 25.4 Å². The minimum Gasteiger partial charge on any atom is -0.311 e. The van der Waals surface area contributed by atoms with E-state index in [2.05, 4.69) is 24.1 Å². The van der Waals surface area contributed by atoms with Crippen LogP contribution in [0.4, 0.5) is 0 Å². The number of rotatable bonds is 4. The molecule has 0 unspecified atom stereocenters. The van der Waals surface area contributed by atoms with Gasteiger partial charge in [-0.25, -0.2) is 4.99 Å². The van der Waals surface area contributed by atoms with Crippen molar-refractivity contribution in [1.82, 2.24) is 0 Å². The van der Waals surface area contributed by atoms with Crippen LogP contribution in [0.5, 0.6) is 0 Å². The van der Waals surface area contributed by atoms with Gasteiger partial charge in [-0.15, -0.1) is 0 Å². The Labute approximate surface area is 118 Å². The molecule has 1 spiro atoms. The lowest BCUT2D eigenvalue weighted by molar-refractivity contribution is -0.677. The molecule has 6 heteroatoms. The summed E-state index contributed by atoms with van der Waals surface area (Å²) in [6.45, 7) is 2.94. The van der Waals surface area contributed by atoms with Gasteiger partial charge < -0.3 is 9.47 Å². The molecule has 3 rings (SSSR count). The van der Waals surface area contributed by atoms with Crippen molar-refractivity contribution in [3.63, 3.8) is 0 Å². The van der Waals surface area contributed by atoms with Gasteiger partial charge in [0.25, 0.3) is 5.84 Å². The standard InChI is InChI=1S/C14H18N4O2/c1-2-3-4-5-10-12(8-15)11(17)18-14(13(10,12)9-16)19-6-7-20-14/h10H,2-7H2,1H3,(H2,17,18)/p+1/t10-,12-,13-/m1/s1. The molecule has 1 aliphatic carbocycles. The number of nitrogens with one attached hydrogen (secondary N) is 1. The summed E-state index contributed by atoms with van der Waals surface area (Å²) in [5.74, 6) is -1.01. The largest absolute Gasteiger partial charge is 0.343 e. The van der Waals surface area contributed by atoms with Crippen LogP contribution in [0.15, 0.2) is 0 Å². The van der Waals surface area contributed by atoms with Crippen molar-refractivity contribution >= 4 is 5.84 Å². The molecule has 1 saturated carbocycles. The Hall–Kier alpha value is -1.63. The molecule has 2 fully saturated rings. The highest BCUT2D eigenvalue weighted by Gasteiger charge is 2.96. The lowest BCUT2D eigenvalue weighted by Crippen LogP contribution is -2.90. The summed E-state index contributed by atoms with van der Waals surface area (Å²) in [5.41, 5.74) is 4.06. The maximum Gasteiger partial charge on any atom is 0.343 e. The quantitative estimate of drug-likeness (QED) is 0.664. The zero-order valence-electron chi connectivity index (χ0n) is 11.6. The van der Waals surface area contributed by atoms with Crippen LogP contribution in [-0.2, 0) is 9.47 Å². The van der Waals surface area contributed by atoms with Crippen LogP contribution < -0.4 is 10.7 Å². The van der Waals surface area contributed by atoms with Crippen molar-refractivity contribution in [2.75, 3.05) is 13.2 Å². The van der Waals surface area contributed by atoms with Gasteiger partial charge in [0, 0.05) is 5.92 Å². The van der Waals surface area contributed by atoms with E-state index in [9.17, 15) is 10.5 Å². The second-order valence-electron chi connectivity index (χ2n) is 5.74. The second kappa shape index (κ2) is 4.18. The van der Waals surface area contributed by atoms with Gasteiger partial charge in [-0.3, -0.25) is 5.73 Å². The third-order valence-electron chi connectivity index (χ3n) is 4.97. The normalized spacial score (nSPS) is 40.0.